The number of rotatable bonds is 3. The molecule has 0 amide bonds. The van der Waals surface area contributed by atoms with Crippen LogP contribution < -0.4 is 5.32 Å². The van der Waals surface area contributed by atoms with E-state index in [4.69, 9.17) is 0 Å². The maximum atomic E-state index is 13.3. The first-order valence-electron chi connectivity index (χ1n) is 5.01. The lowest BCUT2D eigenvalue weighted by Crippen LogP contribution is -2.10. The van der Waals surface area contributed by atoms with Gasteiger partial charge in [-0.1, -0.05) is 0 Å². The van der Waals surface area contributed by atoms with Crippen molar-refractivity contribution in [2.45, 2.75) is 6.54 Å². The van der Waals surface area contributed by atoms with E-state index in [2.05, 4.69) is 15.3 Å². The normalized spacial score (nSPS) is 10.6. The van der Waals surface area contributed by atoms with E-state index in [0.29, 0.717) is 5.56 Å². The van der Waals surface area contributed by atoms with Crippen molar-refractivity contribution in [3.63, 3.8) is 0 Å². The van der Waals surface area contributed by atoms with E-state index in [1.165, 1.54) is 18.7 Å². The summed E-state index contributed by atoms with van der Waals surface area (Å²) >= 11 is 0. The molecule has 1 aromatic carbocycles. The van der Waals surface area contributed by atoms with Gasteiger partial charge in [-0.05, 0) is 0 Å². The summed E-state index contributed by atoms with van der Waals surface area (Å²) in [7, 11) is 0. The molecule has 1 aromatic heterocycles. The van der Waals surface area contributed by atoms with Crippen LogP contribution in [0.1, 0.15) is 5.56 Å². The van der Waals surface area contributed by atoms with Crippen LogP contribution in [-0.4, -0.2) is 9.97 Å². The lowest BCUT2D eigenvalue weighted by atomic mass is 10.2. The van der Waals surface area contributed by atoms with E-state index < -0.39 is 34.8 Å². The van der Waals surface area contributed by atoms with Gasteiger partial charge in [0.1, 0.15) is 12.0 Å². The largest absolute Gasteiger partial charge is 0.376 e. The van der Waals surface area contributed by atoms with Crippen LogP contribution in [0.2, 0.25) is 0 Å². The van der Waals surface area contributed by atoms with Crippen LogP contribution in [0.15, 0.2) is 18.7 Å². The van der Waals surface area contributed by atoms with Gasteiger partial charge in [0.25, 0.3) is 0 Å². The fourth-order valence-electron chi connectivity index (χ4n) is 1.37. The summed E-state index contributed by atoms with van der Waals surface area (Å²) in [6, 6.07) is 0. The van der Waals surface area contributed by atoms with Crippen molar-refractivity contribution in [2.24, 2.45) is 0 Å². The number of aromatic nitrogens is 2. The lowest BCUT2D eigenvalue weighted by molar-refractivity contribution is 0.381. The third kappa shape index (κ3) is 2.47. The van der Waals surface area contributed by atoms with Gasteiger partial charge in [0.2, 0.25) is 5.82 Å². The van der Waals surface area contributed by atoms with Gasteiger partial charge in [0.05, 0.1) is 0 Å². The molecule has 1 N–H and O–H groups in total. The van der Waals surface area contributed by atoms with Gasteiger partial charge in [-0.2, -0.15) is 0 Å². The van der Waals surface area contributed by atoms with Gasteiger partial charge in [-0.15, -0.1) is 0 Å². The molecule has 0 fully saturated rings. The summed E-state index contributed by atoms with van der Waals surface area (Å²) < 4.78 is 65.2. The smallest absolute Gasteiger partial charge is 0.200 e. The molecule has 0 spiro atoms. The molecule has 3 nitrogen and oxygen atoms in total. The highest BCUT2D eigenvalue weighted by Crippen LogP contribution is 2.27. The molecule has 100 valence electrons. The molecule has 2 rings (SSSR count). The molecule has 0 aliphatic heterocycles. The molecule has 0 saturated heterocycles. The lowest BCUT2D eigenvalue weighted by Gasteiger charge is -2.10. The van der Waals surface area contributed by atoms with E-state index in [0.717, 1.165) is 0 Å². The van der Waals surface area contributed by atoms with Crippen molar-refractivity contribution in [1.29, 1.82) is 0 Å². The maximum absolute atomic E-state index is 13.3. The molecule has 8 heteroatoms. The minimum Gasteiger partial charge on any atom is -0.376 e. The Bertz CT molecular complexity index is 574. The van der Waals surface area contributed by atoms with Crippen LogP contribution in [0.5, 0.6) is 0 Å². The Morgan fingerprint density at radius 3 is 1.79 bits per heavy atom. The zero-order chi connectivity index (χ0) is 14.0. The molecule has 0 bridgehead atoms. The Morgan fingerprint density at radius 2 is 1.26 bits per heavy atom. The topological polar surface area (TPSA) is 37.8 Å². The SMILES string of the molecule is Fc1c(F)c(F)c(NCc2cncnc2)c(F)c1F. The molecule has 0 aliphatic carbocycles. The second-order valence-corrected chi connectivity index (χ2v) is 3.55. The number of hydrogen-bond donors (Lipinski definition) is 1. The maximum Gasteiger partial charge on any atom is 0.200 e. The molecule has 0 saturated carbocycles. The molecular weight excluding hydrogens is 269 g/mol. The number of benzene rings is 1. The molecule has 0 unspecified atom stereocenters. The number of halogens is 5. The molecule has 2 aromatic rings. The molecule has 1 heterocycles. The standard InChI is InChI=1S/C11H6F5N3/c12-6-7(13)9(15)11(10(16)8(6)14)19-3-5-1-17-4-18-2-5/h1-2,4,19H,3H2. The van der Waals surface area contributed by atoms with E-state index in [1.54, 1.807) is 0 Å². The number of anilines is 1. The summed E-state index contributed by atoms with van der Waals surface area (Å²) in [5, 5.41) is 2.13. The Kier molecular flexibility index (Phi) is 3.59. The Labute approximate surface area is 104 Å². The highest BCUT2D eigenvalue weighted by molar-refractivity contribution is 5.48. The number of hydrogen-bond acceptors (Lipinski definition) is 3. The number of nitrogens with zero attached hydrogens (tertiary/aromatic N) is 2. The van der Waals surface area contributed by atoms with Crippen LogP contribution >= 0.6 is 0 Å². The molecular formula is C11H6F5N3. The summed E-state index contributed by atoms with van der Waals surface area (Å²) in [5.41, 5.74) is -0.660. The van der Waals surface area contributed by atoms with Gasteiger partial charge in [-0.25, -0.2) is 31.9 Å². The average molecular weight is 275 g/mol. The number of nitrogens with one attached hydrogen (secondary N) is 1. The van der Waals surface area contributed by atoms with Gasteiger partial charge in [-0.3, -0.25) is 0 Å². The monoisotopic (exact) mass is 275 g/mol. The first-order chi connectivity index (χ1) is 9.02. The van der Waals surface area contributed by atoms with Gasteiger partial charge >= 0.3 is 0 Å². The first kappa shape index (κ1) is 13.2. The van der Waals surface area contributed by atoms with Crippen molar-refractivity contribution in [3.8, 4) is 0 Å². The van der Waals surface area contributed by atoms with Crippen molar-refractivity contribution in [1.82, 2.24) is 9.97 Å². The van der Waals surface area contributed by atoms with Crippen molar-refractivity contribution in [2.75, 3.05) is 5.32 Å². The third-order valence-corrected chi connectivity index (χ3v) is 2.29. The molecule has 0 atom stereocenters. The first-order valence-corrected chi connectivity index (χ1v) is 5.01. The summed E-state index contributed by atoms with van der Waals surface area (Å²) in [6.45, 7) is -0.181. The molecule has 19 heavy (non-hydrogen) atoms. The second-order valence-electron chi connectivity index (χ2n) is 3.55. The van der Waals surface area contributed by atoms with Crippen LogP contribution in [0.4, 0.5) is 27.6 Å². The highest BCUT2D eigenvalue weighted by Gasteiger charge is 2.25. The van der Waals surface area contributed by atoms with Crippen LogP contribution in [0.25, 0.3) is 0 Å². The minimum absolute atomic E-state index is 0.181. The second kappa shape index (κ2) is 5.17. The van der Waals surface area contributed by atoms with E-state index in [-0.39, 0.29) is 6.54 Å². The van der Waals surface area contributed by atoms with E-state index in [1.807, 2.05) is 0 Å². The predicted molar refractivity (Wildman–Crippen MR) is 55.6 cm³/mol. The summed E-state index contributed by atoms with van der Waals surface area (Å²) in [4.78, 5) is 7.29. The Morgan fingerprint density at radius 1 is 0.789 bits per heavy atom. The van der Waals surface area contributed by atoms with Crippen molar-refractivity contribution < 1.29 is 22.0 Å². The van der Waals surface area contributed by atoms with E-state index in [9.17, 15) is 22.0 Å². The fourth-order valence-corrected chi connectivity index (χ4v) is 1.37. The Balaban J connectivity index is 2.31. The Hall–Kier alpha value is -2.25. The molecule has 0 aliphatic rings. The van der Waals surface area contributed by atoms with Crippen molar-refractivity contribution >= 4 is 5.69 Å². The molecule has 0 radical (unpaired) electrons. The van der Waals surface area contributed by atoms with Gasteiger partial charge in [0.15, 0.2) is 23.3 Å². The fraction of sp³-hybridized carbons (Fsp3) is 0.0909. The predicted octanol–water partition coefficient (Wildman–Crippen LogP) is 2.78. The van der Waals surface area contributed by atoms with Crippen molar-refractivity contribution in [3.05, 3.63) is 53.4 Å². The highest BCUT2D eigenvalue weighted by atomic mass is 19.2. The average Bonchev–Trinajstić information content (AvgIpc) is 2.44. The van der Waals surface area contributed by atoms with Crippen LogP contribution in [-0.2, 0) is 6.54 Å². The summed E-state index contributed by atoms with van der Waals surface area (Å²) in [6.07, 6.45) is 3.92. The zero-order valence-corrected chi connectivity index (χ0v) is 9.22. The minimum atomic E-state index is -2.19. The van der Waals surface area contributed by atoms with E-state index >= 15 is 0 Å². The van der Waals surface area contributed by atoms with Gasteiger partial charge in [0, 0.05) is 24.5 Å². The quantitative estimate of drug-likeness (QED) is 0.531. The van der Waals surface area contributed by atoms with Crippen LogP contribution in [0, 0.1) is 29.1 Å². The van der Waals surface area contributed by atoms with Crippen LogP contribution in [0.3, 0.4) is 0 Å². The van der Waals surface area contributed by atoms with Gasteiger partial charge < -0.3 is 5.32 Å². The zero-order valence-electron chi connectivity index (χ0n) is 9.22. The summed E-state index contributed by atoms with van der Waals surface area (Å²) in [5.74, 6) is -10.00. The third-order valence-electron chi connectivity index (χ3n) is 2.29.